The quantitative estimate of drug-likeness (QED) is 0.674. The molecule has 1 aliphatic rings. The zero-order chi connectivity index (χ0) is 14.1. The minimum atomic E-state index is -0.431. The maximum absolute atomic E-state index is 9.95. The van der Waals surface area contributed by atoms with Crippen molar-refractivity contribution in [3.8, 4) is 0 Å². The molecule has 114 valence electrons. The minimum absolute atomic E-state index is 0.286. The van der Waals surface area contributed by atoms with Crippen LogP contribution >= 0.6 is 0 Å². The summed E-state index contributed by atoms with van der Waals surface area (Å²) < 4.78 is 11.0. The fourth-order valence-corrected chi connectivity index (χ4v) is 2.49. The third kappa shape index (κ3) is 7.25. The van der Waals surface area contributed by atoms with E-state index < -0.39 is 6.10 Å². The van der Waals surface area contributed by atoms with Crippen LogP contribution in [0.25, 0.3) is 0 Å². The first kappa shape index (κ1) is 16.9. The van der Waals surface area contributed by atoms with Crippen molar-refractivity contribution in [2.75, 3.05) is 26.9 Å². The van der Waals surface area contributed by atoms with Crippen molar-refractivity contribution in [1.29, 1.82) is 0 Å². The smallest absolute Gasteiger partial charge is 0.0897 e. The maximum Gasteiger partial charge on any atom is 0.0897 e. The van der Waals surface area contributed by atoms with Gasteiger partial charge in [0.1, 0.15) is 0 Å². The third-order valence-electron chi connectivity index (χ3n) is 3.84. The molecule has 0 spiro atoms. The first-order chi connectivity index (χ1) is 9.13. The lowest BCUT2D eigenvalue weighted by atomic mass is 9.98. The molecule has 1 saturated carbocycles. The Hall–Kier alpha value is -0.160. The van der Waals surface area contributed by atoms with E-state index in [0.717, 1.165) is 12.8 Å². The second-order valence-corrected chi connectivity index (χ2v) is 5.96. The molecule has 4 nitrogen and oxygen atoms in total. The summed E-state index contributed by atoms with van der Waals surface area (Å²) >= 11 is 0. The van der Waals surface area contributed by atoms with E-state index in [2.05, 4.69) is 19.2 Å². The van der Waals surface area contributed by atoms with Crippen molar-refractivity contribution >= 4 is 0 Å². The predicted molar refractivity (Wildman–Crippen MR) is 77.3 cm³/mol. The fraction of sp³-hybridized carbons (Fsp3) is 1.00. The molecular weight excluding hydrogens is 242 g/mol. The summed E-state index contributed by atoms with van der Waals surface area (Å²) in [6, 6.07) is 0.286. The normalized spacial score (nSPS) is 20.7. The first-order valence-corrected chi connectivity index (χ1v) is 7.65. The molecule has 2 N–H and O–H groups in total. The summed E-state index contributed by atoms with van der Waals surface area (Å²) in [6.07, 6.45) is 6.10. The SMILES string of the molecule is COCC(NCC(O)COC1CCCCC1)C(C)C. The van der Waals surface area contributed by atoms with Crippen molar-refractivity contribution in [3.63, 3.8) is 0 Å². The van der Waals surface area contributed by atoms with Gasteiger partial charge in [-0.3, -0.25) is 0 Å². The molecule has 4 heteroatoms. The molecule has 0 saturated heterocycles. The van der Waals surface area contributed by atoms with Crippen molar-refractivity contribution in [3.05, 3.63) is 0 Å². The van der Waals surface area contributed by atoms with Crippen LogP contribution in [0.2, 0.25) is 0 Å². The zero-order valence-electron chi connectivity index (χ0n) is 12.7. The Morgan fingerprint density at radius 3 is 2.42 bits per heavy atom. The molecule has 0 amide bonds. The number of ether oxygens (including phenoxy) is 2. The number of hydrogen-bond donors (Lipinski definition) is 2. The van der Waals surface area contributed by atoms with Crippen LogP contribution in [0.1, 0.15) is 46.0 Å². The zero-order valence-corrected chi connectivity index (χ0v) is 12.7. The average molecular weight is 273 g/mol. The van der Waals surface area contributed by atoms with Crippen LogP contribution in [0.4, 0.5) is 0 Å². The molecule has 0 aromatic carbocycles. The number of hydrogen-bond acceptors (Lipinski definition) is 4. The highest BCUT2D eigenvalue weighted by atomic mass is 16.5. The summed E-state index contributed by atoms with van der Waals surface area (Å²) in [6.45, 7) is 5.99. The van der Waals surface area contributed by atoms with Crippen molar-refractivity contribution < 1.29 is 14.6 Å². The van der Waals surface area contributed by atoms with Gasteiger partial charge in [0, 0.05) is 19.7 Å². The summed E-state index contributed by atoms with van der Waals surface area (Å²) in [7, 11) is 1.71. The molecule has 0 aromatic heterocycles. The van der Waals surface area contributed by atoms with Gasteiger partial charge in [-0.1, -0.05) is 33.1 Å². The van der Waals surface area contributed by atoms with Crippen LogP contribution in [0.15, 0.2) is 0 Å². The molecule has 1 fully saturated rings. The Balaban J connectivity index is 2.13. The van der Waals surface area contributed by atoms with Gasteiger partial charge in [0.2, 0.25) is 0 Å². The molecule has 0 aliphatic heterocycles. The Labute approximate surface area is 117 Å². The van der Waals surface area contributed by atoms with Gasteiger partial charge in [0.15, 0.2) is 0 Å². The number of rotatable bonds is 9. The molecule has 19 heavy (non-hydrogen) atoms. The van der Waals surface area contributed by atoms with Crippen LogP contribution in [0.3, 0.4) is 0 Å². The van der Waals surface area contributed by atoms with Gasteiger partial charge in [0.05, 0.1) is 25.4 Å². The van der Waals surface area contributed by atoms with Gasteiger partial charge in [-0.05, 0) is 18.8 Å². The summed E-state index contributed by atoms with van der Waals surface area (Å²) in [5.41, 5.74) is 0. The second kappa shape index (κ2) is 9.70. The van der Waals surface area contributed by atoms with Gasteiger partial charge in [0.25, 0.3) is 0 Å². The fourth-order valence-electron chi connectivity index (χ4n) is 2.49. The van der Waals surface area contributed by atoms with Gasteiger partial charge in [-0.2, -0.15) is 0 Å². The topological polar surface area (TPSA) is 50.7 Å². The van der Waals surface area contributed by atoms with E-state index in [1.807, 2.05) is 0 Å². The van der Waals surface area contributed by atoms with Gasteiger partial charge < -0.3 is 19.9 Å². The number of aliphatic hydroxyl groups is 1. The van der Waals surface area contributed by atoms with E-state index in [-0.39, 0.29) is 6.04 Å². The molecule has 1 aliphatic carbocycles. The van der Waals surface area contributed by atoms with Crippen LogP contribution in [0.5, 0.6) is 0 Å². The van der Waals surface area contributed by atoms with Crippen molar-refractivity contribution in [1.82, 2.24) is 5.32 Å². The molecule has 2 atom stereocenters. The Morgan fingerprint density at radius 1 is 1.16 bits per heavy atom. The van der Waals surface area contributed by atoms with Crippen molar-refractivity contribution in [2.24, 2.45) is 5.92 Å². The number of methoxy groups -OCH3 is 1. The van der Waals surface area contributed by atoms with Gasteiger partial charge >= 0.3 is 0 Å². The Bertz CT molecular complexity index is 217. The van der Waals surface area contributed by atoms with E-state index in [0.29, 0.717) is 31.8 Å². The van der Waals surface area contributed by atoms with E-state index >= 15 is 0 Å². The lowest BCUT2D eigenvalue weighted by Crippen LogP contribution is -2.43. The molecule has 0 aromatic rings. The first-order valence-electron chi connectivity index (χ1n) is 7.65. The summed E-state index contributed by atoms with van der Waals surface area (Å²) in [4.78, 5) is 0. The van der Waals surface area contributed by atoms with Gasteiger partial charge in [-0.15, -0.1) is 0 Å². The number of aliphatic hydroxyl groups excluding tert-OH is 1. The summed E-state index contributed by atoms with van der Waals surface area (Å²) in [5.74, 6) is 0.492. The van der Waals surface area contributed by atoms with Crippen LogP contribution in [-0.2, 0) is 9.47 Å². The molecule has 0 bridgehead atoms. The molecule has 1 rings (SSSR count). The van der Waals surface area contributed by atoms with E-state index in [1.54, 1.807) is 7.11 Å². The lowest BCUT2D eigenvalue weighted by Gasteiger charge is -2.25. The van der Waals surface area contributed by atoms with Crippen LogP contribution < -0.4 is 5.32 Å². The molecular formula is C15H31NO3. The van der Waals surface area contributed by atoms with E-state index in [1.165, 1.54) is 19.3 Å². The van der Waals surface area contributed by atoms with E-state index in [9.17, 15) is 5.11 Å². The molecule has 0 heterocycles. The van der Waals surface area contributed by atoms with Crippen LogP contribution in [-0.4, -0.2) is 50.2 Å². The highest BCUT2D eigenvalue weighted by molar-refractivity contribution is 4.73. The average Bonchev–Trinajstić information content (AvgIpc) is 2.42. The standard InChI is InChI=1S/C15H31NO3/c1-12(2)15(11-18-3)16-9-13(17)10-19-14-7-5-4-6-8-14/h12-17H,4-11H2,1-3H3. The second-order valence-electron chi connectivity index (χ2n) is 5.96. The maximum atomic E-state index is 9.95. The molecule has 2 unspecified atom stereocenters. The van der Waals surface area contributed by atoms with Gasteiger partial charge in [-0.25, -0.2) is 0 Å². The lowest BCUT2D eigenvalue weighted by molar-refractivity contribution is -0.0247. The Morgan fingerprint density at radius 2 is 1.84 bits per heavy atom. The number of nitrogens with one attached hydrogen (secondary N) is 1. The van der Waals surface area contributed by atoms with Crippen molar-refractivity contribution in [2.45, 2.75) is 64.2 Å². The third-order valence-corrected chi connectivity index (χ3v) is 3.84. The monoisotopic (exact) mass is 273 g/mol. The Kier molecular flexibility index (Phi) is 8.62. The summed E-state index contributed by atoms with van der Waals surface area (Å²) in [5, 5.41) is 13.3. The molecule has 0 radical (unpaired) electrons. The minimum Gasteiger partial charge on any atom is -0.389 e. The highest BCUT2D eigenvalue weighted by Gasteiger charge is 2.17. The van der Waals surface area contributed by atoms with E-state index in [4.69, 9.17) is 9.47 Å². The highest BCUT2D eigenvalue weighted by Crippen LogP contribution is 2.20. The predicted octanol–water partition coefficient (Wildman–Crippen LogP) is 1.96. The largest absolute Gasteiger partial charge is 0.389 e. The van der Waals surface area contributed by atoms with Crippen LogP contribution in [0, 0.1) is 5.92 Å².